The van der Waals surface area contributed by atoms with Gasteiger partial charge in [0.2, 0.25) is 5.91 Å². The van der Waals surface area contributed by atoms with Gasteiger partial charge in [-0.2, -0.15) is 0 Å². The number of carbonyl (C=O) groups is 1. The van der Waals surface area contributed by atoms with Crippen molar-refractivity contribution >= 4 is 5.91 Å². The third-order valence-corrected chi connectivity index (χ3v) is 3.30. The molecule has 1 amide bonds. The molecule has 3 rings (SSSR count). The lowest BCUT2D eigenvalue weighted by atomic mass is 9.84. The summed E-state index contributed by atoms with van der Waals surface area (Å²) >= 11 is 0. The maximum absolute atomic E-state index is 11.4. The van der Waals surface area contributed by atoms with Crippen LogP contribution in [0.4, 0.5) is 0 Å². The zero-order valence-electron chi connectivity index (χ0n) is 8.70. The monoisotopic (exact) mass is 194 g/mol. The third-order valence-electron chi connectivity index (χ3n) is 3.30. The normalized spacial score (nSPS) is 36.2. The molecule has 0 spiro atoms. The van der Waals surface area contributed by atoms with Crippen LogP contribution in [0.5, 0.6) is 0 Å². The van der Waals surface area contributed by atoms with Crippen LogP contribution in [-0.4, -0.2) is 36.5 Å². The average molecular weight is 194 g/mol. The van der Waals surface area contributed by atoms with Crippen molar-refractivity contribution in [2.24, 2.45) is 5.92 Å². The number of hydrogen-bond acceptors (Lipinski definition) is 2. The van der Waals surface area contributed by atoms with Gasteiger partial charge in [0.05, 0.1) is 0 Å². The maximum Gasteiger partial charge on any atom is 0.243 e. The molecule has 3 heteroatoms. The Morgan fingerprint density at radius 2 is 2.14 bits per heavy atom. The number of allylic oxidation sites excluding steroid dienone is 1. The van der Waals surface area contributed by atoms with Crippen molar-refractivity contribution in [3.05, 3.63) is 12.2 Å². The number of carbonyl (C=O) groups excluding carboxylic acids is 1. The Morgan fingerprint density at radius 1 is 1.43 bits per heavy atom. The van der Waals surface area contributed by atoms with Crippen LogP contribution < -0.4 is 5.32 Å². The van der Waals surface area contributed by atoms with Gasteiger partial charge in [0, 0.05) is 12.6 Å². The summed E-state index contributed by atoms with van der Waals surface area (Å²) in [5, 5.41) is 3.08. The van der Waals surface area contributed by atoms with Crippen molar-refractivity contribution in [1.82, 2.24) is 10.2 Å². The number of hydrogen-bond donors (Lipinski definition) is 1. The second kappa shape index (κ2) is 4.13. The highest BCUT2D eigenvalue weighted by Gasteiger charge is 2.34. The van der Waals surface area contributed by atoms with Gasteiger partial charge in [-0.05, 0) is 44.8 Å². The average Bonchev–Trinajstić information content (AvgIpc) is 2.19. The predicted octanol–water partition coefficient (Wildman–Crippen LogP) is 0.773. The van der Waals surface area contributed by atoms with Gasteiger partial charge < -0.3 is 10.2 Å². The molecule has 2 bridgehead atoms. The Hall–Kier alpha value is -0.830. The first-order valence-electron chi connectivity index (χ1n) is 5.45. The first kappa shape index (κ1) is 9.71. The van der Waals surface area contributed by atoms with Crippen LogP contribution in [0, 0.1) is 5.92 Å². The van der Waals surface area contributed by atoms with Gasteiger partial charge in [-0.25, -0.2) is 0 Å². The first-order chi connectivity index (χ1) is 6.79. The molecule has 0 saturated carbocycles. The van der Waals surface area contributed by atoms with Gasteiger partial charge in [-0.15, -0.1) is 0 Å². The lowest BCUT2D eigenvalue weighted by Crippen LogP contribution is -2.57. The number of nitrogens with zero attached hydrogens (tertiary/aromatic N) is 1. The number of nitrogens with one attached hydrogen (secondary N) is 1. The standard InChI is InChI=1S/C11H18N2O/c1-2-3-11(14)12-10-8-13-6-4-9(10)5-7-13/h2-3,9-10H,4-8H2,1H3,(H,12,14)/b3-2+. The van der Waals surface area contributed by atoms with Crippen LogP contribution in [0.3, 0.4) is 0 Å². The molecule has 1 N–H and O–H groups in total. The highest BCUT2D eigenvalue weighted by atomic mass is 16.1. The van der Waals surface area contributed by atoms with Crippen LogP contribution in [0.1, 0.15) is 19.8 Å². The number of rotatable bonds is 2. The van der Waals surface area contributed by atoms with Crippen LogP contribution >= 0.6 is 0 Å². The molecule has 3 saturated heterocycles. The second-order valence-electron chi connectivity index (χ2n) is 4.25. The van der Waals surface area contributed by atoms with E-state index in [1.165, 1.54) is 25.9 Å². The van der Waals surface area contributed by atoms with Crippen LogP contribution in [0.2, 0.25) is 0 Å². The van der Waals surface area contributed by atoms with E-state index in [0.717, 1.165) is 6.54 Å². The highest BCUT2D eigenvalue weighted by molar-refractivity contribution is 5.87. The lowest BCUT2D eigenvalue weighted by molar-refractivity contribution is -0.118. The molecule has 3 aliphatic heterocycles. The zero-order valence-corrected chi connectivity index (χ0v) is 8.70. The quantitative estimate of drug-likeness (QED) is 0.659. The largest absolute Gasteiger partial charge is 0.348 e. The molecule has 78 valence electrons. The smallest absolute Gasteiger partial charge is 0.243 e. The van der Waals surface area contributed by atoms with E-state index >= 15 is 0 Å². The van der Waals surface area contributed by atoms with Gasteiger partial charge in [0.1, 0.15) is 0 Å². The highest BCUT2D eigenvalue weighted by Crippen LogP contribution is 2.27. The molecule has 0 aromatic rings. The number of piperidine rings is 3. The Balaban J connectivity index is 1.89. The molecule has 3 fully saturated rings. The van der Waals surface area contributed by atoms with E-state index in [4.69, 9.17) is 0 Å². The molecule has 3 aliphatic rings. The van der Waals surface area contributed by atoms with E-state index in [9.17, 15) is 4.79 Å². The van der Waals surface area contributed by atoms with E-state index in [2.05, 4.69) is 10.2 Å². The zero-order chi connectivity index (χ0) is 9.97. The Bertz CT molecular complexity index is 242. The molecule has 0 aromatic heterocycles. The summed E-state index contributed by atoms with van der Waals surface area (Å²) in [6.45, 7) is 5.37. The van der Waals surface area contributed by atoms with Gasteiger partial charge in [-0.1, -0.05) is 6.08 Å². The first-order valence-corrected chi connectivity index (χ1v) is 5.45. The van der Waals surface area contributed by atoms with Crippen molar-refractivity contribution in [2.45, 2.75) is 25.8 Å². The summed E-state index contributed by atoms with van der Waals surface area (Å²) in [6.07, 6.45) is 5.90. The summed E-state index contributed by atoms with van der Waals surface area (Å²) in [5.41, 5.74) is 0. The molecule has 14 heavy (non-hydrogen) atoms. The Labute approximate surface area is 85.2 Å². The fourth-order valence-electron chi connectivity index (χ4n) is 2.51. The minimum atomic E-state index is 0.0613. The Kier molecular flexibility index (Phi) is 2.87. The van der Waals surface area contributed by atoms with E-state index < -0.39 is 0 Å². The van der Waals surface area contributed by atoms with Crippen molar-refractivity contribution in [1.29, 1.82) is 0 Å². The van der Waals surface area contributed by atoms with E-state index in [-0.39, 0.29) is 5.91 Å². The molecule has 1 atom stereocenters. The Morgan fingerprint density at radius 3 is 2.64 bits per heavy atom. The summed E-state index contributed by atoms with van der Waals surface area (Å²) in [7, 11) is 0. The SMILES string of the molecule is C/C=C/C(=O)NC1CN2CCC1CC2. The van der Waals surface area contributed by atoms with Crippen molar-refractivity contribution in [3.8, 4) is 0 Å². The fourth-order valence-corrected chi connectivity index (χ4v) is 2.51. The molecule has 0 aliphatic carbocycles. The second-order valence-corrected chi connectivity index (χ2v) is 4.25. The predicted molar refractivity (Wildman–Crippen MR) is 55.9 cm³/mol. The van der Waals surface area contributed by atoms with E-state index in [1.54, 1.807) is 12.2 Å². The van der Waals surface area contributed by atoms with Gasteiger partial charge in [-0.3, -0.25) is 4.79 Å². The fraction of sp³-hybridized carbons (Fsp3) is 0.727. The van der Waals surface area contributed by atoms with Crippen LogP contribution in [-0.2, 0) is 4.79 Å². The number of fused-ring (bicyclic) bond motifs is 3. The summed E-state index contributed by atoms with van der Waals surface area (Å²) in [6, 6.07) is 0.390. The van der Waals surface area contributed by atoms with Crippen LogP contribution in [0.25, 0.3) is 0 Å². The van der Waals surface area contributed by atoms with Crippen molar-refractivity contribution < 1.29 is 4.79 Å². The molecule has 0 aromatic carbocycles. The third kappa shape index (κ3) is 1.98. The molecule has 0 radical (unpaired) electrons. The lowest BCUT2D eigenvalue weighted by Gasteiger charge is -2.44. The van der Waals surface area contributed by atoms with E-state index in [0.29, 0.717) is 12.0 Å². The summed E-state index contributed by atoms with van der Waals surface area (Å²) in [5.74, 6) is 0.778. The van der Waals surface area contributed by atoms with Gasteiger partial charge in [0.15, 0.2) is 0 Å². The summed E-state index contributed by atoms with van der Waals surface area (Å²) < 4.78 is 0. The van der Waals surface area contributed by atoms with Crippen molar-refractivity contribution in [2.75, 3.05) is 19.6 Å². The minimum Gasteiger partial charge on any atom is -0.348 e. The minimum absolute atomic E-state index is 0.0613. The molecular weight excluding hydrogens is 176 g/mol. The molecule has 3 heterocycles. The van der Waals surface area contributed by atoms with Crippen LogP contribution in [0.15, 0.2) is 12.2 Å². The molecular formula is C11H18N2O. The number of amides is 1. The summed E-state index contributed by atoms with van der Waals surface area (Å²) in [4.78, 5) is 13.8. The van der Waals surface area contributed by atoms with E-state index in [1.807, 2.05) is 6.92 Å². The molecule has 1 unspecified atom stereocenters. The van der Waals surface area contributed by atoms with Crippen molar-refractivity contribution in [3.63, 3.8) is 0 Å². The molecule has 3 nitrogen and oxygen atoms in total. The topological polar surface area (TPSA) is 32.3 Å². The maximum atomic E-state index is 11.4. The van der Waals surface area contributed by atoms with Gasteiger partial charge >= 0.3 is 0 Å². The van der Waals surface area contributed by atoms with Gasteiger partial charge in [0.25, 0.3) is 0 Å².